The largest absolute Gasteiger partial charge is 0.325 e. The summed E-state index contributed by atoms with van der Waals surface area (Å²) in [5, 5.41) is 11.9. The van der Waals surface area contributed by atoms with Gasteiger partial charge in [-0.05, 0) is 55.8 Å². The molecule has 5 aromatic rings. The van der Waals surface area contributed by atoms with E-state index >= 15 is 0 Å². The number of carbonyl (C=O) groups is 1. The molecule has 0 radical (unpaired) electrons. The number of aromatic amines is 2. The Balaban J connectivity index is 1.44. The smallest absolute Gasteiger partial charge is 0.323 e. The van der Waals surface area contributed by atoms with Crippen molar-refractivity contribution in [3.8, 4) is 17.1 Å². The summed E-state index contributed by atoms with van der Waals surface area (Å²) in [5.74, 6) is 0.462. The first-order valence-corrected chi connectivity index (χ1v) is 11.5. The zero-order valence-electron chi connectivity index (χ0n) is 18.4. The molecular formula is C24H21N7O2S. The highest BCUT2D eigenvalue weighted by Crippen LogP contribution is 2.31. The second kappa shape index (κ2) is 8.99. The predicted molar refractivity (Wildman–Crippen MR) is 132 cm³/mol. The van der Waals surface area contributed by atoms with Crippen LogP contribution in [0.5, 0.6) is 0 Å². The fourth-order valence-electron chi connectivity index (χ4n) is 3.63. The van der Waals surface area contributed by atoms with Crippen molar-refractivity contribution < 1.29 is 4.79 Å². The van der Waals surface area contributed by atoms with Crippen LogP contribution in [-0.4, -0.2) is 40.9 Å². The summed E-state index contributed by atoms with van der Waals surface area (Å²) in [4.78, 5) is 34.1. The van der Waals surface area contributed by atoms with E-state index in [0.29, 0.717) is 27.7 Å². The van der Waals surface area contributed by atoms with E-state index in [2.05, 4.69) is 30.5 Å². The maximum atomic E-state index is 13.0. The number of amides is 1. The second-order valence-electron chi connectivity index (χ2n) is 7.76. The molecule has 3 N–H and O–H groups in total. The number of H-pyrrole nitrogens is 2. The molecule has 1 atom stereocenters. The number of imidazole rings is 1. The molecule has 3 heterocycles. The number of pyridine rings is 1. The molecule has 0 saturated heterocycles. The summed E-state index contributed by atoms with van der Waals surface area (Å²) in [7, 11) is 0. The molecule has 10 heteroatoms. The molecular weight excluding hydrogens is 450 g/mol. The number of fused-ring (bicyclic) bond motifs is 1. The summed E-state index contributed by atoms with van der Waals surface area (Å²) in [6, 6.07) is 17.0. The van der Waals surface area contributed by atoms with Crippen molar-refractivity contribution in [3.63, 3.8) is 0 Å². The molecule has 0 aliphatic rings. The number of aryl methyl sites for hydroxylation is 1. The van der Waals surface area contributed by atoms with Gasteiger partial charge >= 0.3 is 5.69 Å². The Bertz CT molecular complexity index is 1540. The van der Waals surface area contributed by atoms with E-state index < -0.39 is 5.25 Å². The van der Waals surface area contributed by atoms with Crippen LogP contribution in [0.3, 0.4) is 0 Å². The molecule has 1 amide bonds. The van der Waals surface area contributed by atoms with Crippen LogP contribution in [0.4, 0.5) is 5.69 Å². The van der Waals surface area contributed by atoms with Gasteiger partial charge in [0.25, 0.3) is 0 Å². The lowest BCUT2D eigenvalue weighted by Crippen LogP contribution is -2.23. The van der Waals surface area contributed by atoms with Gasteiger partial charge in [0.05, 0.1) is 22.0 Å². The normalized spacial score (nSPS) is 12.1. The second-order valence-corrected chi connectivity index (χ2v) is 9.07. The van der Waals surface area contributed by atoms with Crippen molar-refractivity contribution in [2.24, 2.45) is 0 Å². The van der Waals surface area contributed by atoms with Crippen LogP contribution in [0.2, 0.25) is 0 Å². The Morgan fingerprint density at radius 2 is 1.88 bits per heavy atom. The van der Waals surface area contributed by atoms with E-state index in [1.807, 2.05) is 54.8 Å². The minimum atomic E-state index is -0.463. The summed E-state index contributed by atoms with van der Waals surface area (Å²) in [6.45, 7) is 3.84. The lowest BCUT2D eigenvalue weighted by atomic mass is 10.2. The Kier molecular flexibility index (Phi) is 5.72. The van der Waals surface area contributed by atoms with Gasteiger partial charge in [0, 0.05) is 23.6 Å². The number of para-hydroxylation sites is 1. The first kappa shape index (κ1) is 21.7. The average molecular weight is 472 g/mol. The third-order valence-electron chi connectivity index (χ3n) is 5.34. The van der Waals surface area contributed by atoms with Gasteiger partial charge in [-0.2, -0.15) is 0 Å². The third-order valence-corrected chi connectivity index (χ3v) is 6.39. The molecule has 0 fully saturated rings. The minimum absolute atomic E-state index is 0.190. The number of thioether (sulfide) groups is 1. The highest BCUT2D eigenvalue weighted by molar-refractivity contribution is 8.00. The van der Waals surface area contributed by atoms with Crippen LogP contribution in [0.15, 0.2) is 76.9 Å². The first-order chi connectivity index (χ1) is 16.5. The van der Waals surface area contributed by atoms with E-state index in [9.17, 15) is 9.59 Å². The molecule has 0 bridgehead atoms. The first-order valence-electron chi connectivity index (χ1n) is 10.6. The van der Waals surface area contributed by atoms with Gasteiger partial charge < -0.3 is 15.3 Å². The van der Waals surface area contributed by atoms with Crippen molar-refractivity contribution in [3.05, 3.63) is 83.0 Å². The average Bonchev–Trinajstić information content (AvgIpc) is 3.42. The SMILES string of the molecule is Cc1ccccc1-n1c(SC(C)C(=O)Nc2ccc3[nH]c(=O)[nH]c3c2)nnc1-c1cccnc1. The van der Waals surface area contributed by atoms with Crippen molar-refractivity contribution >= 4 is 34.4 Å². The van der Waals surface area contributed by atoms with Gasteiger partial charge in [0.1, 0.15) is 0 Å². The number of hydrogen-bond donors (Lipinski definition) is 3. The van der Waals surface area contributed by atoms with Crippen LogP contribution >= 0.6 is 11.8 Å². The van der Waals surface area contributed by atoms with E-state index in [1.54, 1.807) is 30.6 Å². The van der Waals surface area contributed by atoms with E-state index in [1.165, 1.54) is 11.8 Å². The van der Waals surface area contributed by atoms with Crippen molar-refractivity contribution in [2.45, 2.75) is 24.3 Å². The van der Waals surface area contributed by atoms with Crippen LogP contribution in [-0.2, 0) is 4.79 Å². The van der Waals surface area contributed by atoms with Gasteiger partial charge in [-0.15, -0.1) is 10.2 Å². The topological polar surface area (TPSA) is 121 Å². The molecule has 3 aromatic heterocycles. The third kappa shape index (κ3) is 4.23. The molecule has 9 nitrogen and oxygen atoms in total. The van der Waals surface area contributed by atoms with Crippen molar-refractivity contribution in [2.75, 3.05) is 5.32 Å². The molecule has 34 heavy (non-hydrogen) atoms. The van der Waals surface area contributed by atoms with Crippen LogP contribution in [0.1, 0.15) is 12.5 Å². The fraction of sp³-hybridized carbons (Fsp3) is 0.125. The molecule has 0 saturated carbocycles. The van der Waals surface area contributed by atoms with Gasteiger partial charge in [0.15, 0.2) is 11.0 Å². The number of nitrogens with zero attached hydrogens (tertiary/aromatic N) is 4. The van der Waals surface area contributed by atoms with Gasteiger partial charge in [-0.1, -0.05) is 30.0 Å². The maximum Gasteiger partial charge on any atom is 0.323 e. The lowest BCUT2D eigenvalue weighted by molar-refractivity contribution is -0.115. The monoisotopic (exact) mass is 471 g/mol. The number of rotatable bonds is 6. The Hall–Kier alpha value is -4.18. The molecule has 1 unspecified atom stereocenters. The Labute approximate surface area is 198 Å². The van der Waals surface area contributed by atoms with Crippen LogP contribution in [0, 0.1) is 6.92 Å². The maximum absolute atomic E-state index is 13.0. The van der Waals surface area contributed by atoms with E-state index in [-0.39, 0.29) is 11.6 Å². The van der Waals surface area contributed by atoms with Gasteiger partial charge in [-0.25, -0.2) is 4.79 Å². The number of aromatic nitrogens is 6. The minimum Gasteiger partial charge on any atom is -0.325 e. The van der Waals surface area contributed by atoms with Crippen molar-refractivity contribution in [1.82, 2.24) is 29.7 Å². The molecule has 0 spiro atoms. The molecule has 0 aliphatic heterocycles. The zero-order valence-corrected chi connectivity index (χ0v) is 19.3. The number of nitrogens with one attached hydrogen (secondary N) is 3. The summed E-state index contributed by atoms with van der Waals surface area (Å²) >= 11 is 1.32. The van der Waals surface area contributed by atoms with E-state index in [0.717, 1.165) is 16.8 Å². The summed E-state index contributed by atoms with van der Waals surface area (Å²) < 4.78 is 1.96. The molecule has 5 rings (SSSR count). The van der Waals surface area contributed by atoms with Crippen molar-refractivity contribution in [1.29, 1.82) is 0 Å². The summed E-state index contributed by atoms with van der Waals surface area (Å²) in [5.41, 5.74) is 4.43. The van der Waals surface area contributed by atoms with Crippen LogP contribution in [0.25, 0.3) is 28.1 Å². The Morgan fingerprint density at radius 1 is 1.06 bits per heavy atom. The van der Waals surface area contributed by atoms with Crippen LogP contribution < -0.4 is 11.0 Å². The summed E-state index contributed by atoms with van der Waals surface area (Å²) in [6.07, 6.45) is 3.45. The quantitative estimate of drug-likeness (QED) is 0.323. The zero-order chi connectivity index (χ0) is 23.7. The fourth-order valence-corrected chi connectivity index (χ4v) is 4.49. The molecule has 170 valence electrons. The van der Waals surface area contributed by atoms with E-state index in [4.69, 9.17) is 0 Å². The lowest BCUT2D eigenvalue weighted by Gasteiger charge is -2.15. The predicted octanol–water partition coefficient (Wildman–Crippen LogP) is 3.93. The number of hydrogen-bond acceptors (Lipinski definition) is 6. The highest BCUT2D eigenvalue weighted by Gasteiger charge is 2.23. The van der Waals surface area contributed by atoms with Gasteiger partial charge in [-0.3, -0.25) is 14.3 Å². The molecule has 2 aromatic carbocycles. The number of anilines is 1. The highest BCUT2D eigenvalue weighted by atomic mass is 32.2. The van der Waals surface area contributed by atoms with Gasteiger partial charge in [0.2, 0.25) is 5.91 Å². The molecule has 0 aliphatic carbocycles. The standard InChI is InChI=1S/C24H21N7O2S/c1-14-6-3-4-8-20(14)31-21(16-7-5-11-25-13-16)29-30-24(31)34-15(2)22(32)26-17-9-10-18-19(12-17)28-23(33)27-18/h3-13,15H,1-2H3,(H,26,32)(H2,27,28,33). The Morgan fingerprint density at radius 3 is 2.68 bits per heavy atom. The number of carbonyl (C=O) groups excluding carboxylic acids is 1. The number of benzene rings is 2.